The van der Waals surface area contributed by atoms with Crippen LogP contribution in [-0.4, -0.2) is 48.6 Å². The van der Waals surface area contributed by atoms with Crippen LogP contribution in [0.4, 0.5) is 0 Å². The summed E-state index contributed by atoms with van der Waals surface area (Å²) in [7, 11) is 0. The van der Waals surface area contributed by atoms with E-state index in [1.165, 1.54) is 11.1 Å². The molecule has 0 spiro atoms. The number of carbonyl (C=O) groups excluding carboxylic acids is 1. The second-order valence-corrected chi connectivity index (χ2v) is 7.42. The van der Waals surface area contributed by atoms with E-state index in [1.807, 2.05) is 24.3 Å². The van der Waals surface area contributed by atoms with Crippen molar-refractivity contribution < 1.29 is 9.53 Å². The van der Waals surface area contributed by atoms with Crippen LogP contribution >= 0.6 is 0 Å². The van der Waals surface area contributed by atoms with Crippen molar-refractivity contribution in [3.05, 3.63) is 70.9 Å². The molecule has 1 unspecified atom stereocenters. The van der Waals surface area contributed by atoms with Gasteiger partial charge < -0.3 is 15.0 Å². The third-order valence-corrected chi connectivity index (χ3v) is 5.70. The lowest BCUT2D eigenvalue weighted by Crippen LogP contribution is -2.43. The molecular weight excluding hydrogens is 350 g/mol. The highest BCUT2D eigenvalue weighted by Crippen LogP contribution is 2.23. The van der Waals surface area contributed by atoms with Crippen LogP contribution in [0.2, 0.25) is 0 Å². The van der Waals surface area contributed by atoms with Crippen molar-refractivity contribution in [1.29, 1.82) is 0 Å². The van der Waals surface area contributed by atoms with Gasteiger partial charge in [-0.1, -0.05) is 30.3 Å². The number of hydrogen-bond donors (Lipinski definition) is 2. The number of nitrogens with one attached hydrogen (secondary N) is 2. The van der Waals surface area contributed by atoms with E-state index >= 15 is 0 Å². The standard InChI is InChI=1S/C23H27N3O2/c1-16-17(2)25-21-9-8-19(14-20(16)21)23(27)24-15-22(18-6-4-3-5-7-18)26-10-12-28-13-11-26/h3-9,14,22,25H,10-13,15H2,1-2H3,(H,24,27). The zero-order valence-electron chi connectivity index (χ0n) is 16.5. The summed E-state index contributed by atoms with van der Waals surface area (Å²) in [6.45, 7) is 7.94. The predicted molar refractivity (Wildman–Crippen MR) is 112 cm³/mol. The normalized spacial score (nSPS) is 16.2. The fraction of sp³-hybridized carbons (Fsp3) is 0.348. The largest absolute Gasteiger partial charge is 0.379 e. The molecule has 2 aromatic carbocycles. The van der Waals surface area contributed by atoms with Gasteiger partial charge in [0, 0.05) is 41.8 Å². The first-order valence-corrected chi connectivity index (χ1v) is 9.87. The second-order valence-electron chi connectivity index (χ2n) is 7.42. The zero-order chi connectivity index (χ0) is 19.5. The van der Waals surface area contributed by atoms with E-state index in [0.29, 0.717) is 12.1 Å². The van der Waals surface area contributed by atoms with E-state index in [4.69, 9.17) is 4.74 Å². The van der Waals surface area contributed by atoms with Gasteiger partial charge in [-0.3, -0.25) is 9.69 Å². The van der Waals surface area contributed by atoms with Gasteiger partial charge in [-0.25, -0.2) is 0 Å². The van der Waals surface area contributed by atoms with Crippen LogP contribution in [0.1, 0.15) is 33.2 Å². The van der Waals surface area contributed by atoms with Gasteiger partial charge in [0.1, 0.15) is 0 Å². The molecule has 146 valence electrons. The van der Waals surface area contributed by atoms with E-state index in [0.717, 1.165) is 42.9 Å². The maximum Gasteiger partial charge on any atom is 0.251 e. The number of carbonyl (C=O) groups is 1. The Labute approximate surface area is 165 Å². The first-order chi connectivity index (χ1) is 13.6. The molecule has 1 fully saturated rings. The molecule has 2 N–H and O–H groups in total. The van der Waals surface area contributed by atoms with Gasteiger partial charge in [-0.2, -0.15) is 0 Å². The summed E-state index contributed by atoms with van der Waals surface area (Å²) in [6.07, 6.45) is 0. The number of ether oxygens (including phenoxy) is 1. The third kappa shape index (κ3) is 3.81. The number of morpholine rings is 1. The number of amides is 1. The van der Waals surface area contributed by atoms with Gasteiger partial charge in [0.25, 0.3) is 5.91 Å². The van der Waals surface area contributed by atoms with E-state index in [9.17, 15) is 4.79 Å². The van der Waals surface area contributed by atoms with Crippen molar-refractivity contribution in [2.24, 2.45) is 0 Å². The van der Waals surface area contributed by atoms with Crippen LogP contribution in [0.3, 0.4) is 0 Å². The molecule has 1 amide bonds. The van der Waals surface area contributed by atoms with Crippen molar-refractivity contribution in [1.82, 2.24) is 15.2 Å². The number of aromatic nitrogens is 1. The summed E-state index contributed by atoms with van der Waals surface area (Å²) in [5.41, 5.74) is 5.33. The fourth-order valence-electron chi connectivity index (χ4n) is 3.92. The summed E-state index contributed by atoms with van der Waals surface area (Å²) in [6, 6.07) is 16.4. The Hall–Kier alpha value is -2.63. The monoisotopic (exact) mass is 377 g/mol. The Balaban J connectivity index is 1.51. The highest BCUT2D eigenvalue weighted by atomic mass is 16.5. The zero-order valence-corrected chi connectivity index (χ0v) is 16.5. The first kappa shape index (κ1) is 18.7. The molecule has 5 nitrogen and oxygen atoms in total. The van der Waals surface area contributed by atoms with Crippen LogP contribution in [0, 0.1) is 13.8 Å². The van der Waals surface area contributed by atoms with Gasteiger partial charge in [0.05, 0.1) is 19.3 Å². The molecule has 0 saturated carbocycles. The SMILES string of the molecule is Cc1[nH]c2ccc(C(=O)NCC(c3ccccc3)N3CCOCC3)cc2c1C. The minimum absolute atomic E-state index is 0.0330. The van der Waals surface area contributed by atoms with Gasteiger partial charge in [0.15, 0.2) is 0 Å². The minimum atomic E-state index is -0.0330. The van der Waals surface area contributed by atoms with Crippen molar-refractivity contribution in [2.45, 2.75) is 19.9 Å². The third-order valence-electron chi connectivity index (χ3n) is 5.70. The van der Waals surface area contributed by atoms with Crippen LogP contribution in [0.25, 0.3) is 10.9 Å². The van der Waals surface area contributed by atoms with Crippen LogP contribution < -0.4 is 5.32 Å². The predicted octanol–water partition coefficient (Wildman–Crippen LogP) is 3.59. The summed E-state index contributed by atoms with van der Waals surface area (Å²) in [5.74, 6) is -0.0330. The number of benzene rings is 2. The lowest BCUT2D eigenvalue weighted by Gasteiger charge is -2.35. The number of hydrogen-bond acceptors (Lipinski definition) is 3. The molecule has 3 aromatic rings. The molecule has 2 heterocycles. The maximum atomic E-state index is 12.9. The van der Waals surface area contributed by atoms with Gasteiger partial charge in [-0.05, 0) is 43.2 Å². The Morgan fingerprint density at radius 2 is 1.89 bits per heavy atom. The second kappa shape index (κ2) is 8.17. The van der Waals surface area contributed by atoms with E-state index in [2.05, 4.69) is 53.3 Å². The first-order valence-electron chi connectivity index (χ1n) is 9.87. The number of aryl methyl sites for hydroxylation is 2. The van der Waals surface area contributed by atoms with Gasteiger partial charge in [-0.15, -0.1) is 0 Å². The molecule has 1 saturated heterocycles. The maximum absolute atomic E-state index is 12.9. The summed E-state index contributed by atoms with van der Waals surface area (Å²) in [5, 5.41) is 4.26. The number of aromatic amines is 1. The summed E-state index contributed by atoms with van der Waals surface area (Å²) in [4.78, 5) is 18.6. The van der Waals surface area contributed by atoms with Crippen molar-refractivity contribution in [2.75, 3.05) is 32.8 Å². The van der Waals surface area contributed by atoms with Gasteiger partial charge >= 0.3 is 0 Å². The van der Waals surface area contributed by atoms with Crippen LogP contribution in [0.15, 0.2) is 48.5 Å². The summed E-state index contributed by atoms with van der Waals surface area (Å²) < 4.78 is 5.50. The van der Waals surface area contributed by atoms with E-state index in [1.54, 1.807) is 0 Å². The van der Waals surface area contributed by atoms with Crippen molar-refractivity contribution in [3.63, 3.8) is 0 Å². The smallest absolute Gasteiger partial charge is 0.251 e. The molecule has 1 atom stereocenters. The quantitative estimate of drug-likeness (QED) is 0.714. The number of H-pyrrole nitrogens is 1. The molecule has 28 heavy (non-hydrogen) atoms. The molecule has 1 aliphatic heterocycles. The molecular formula is C23H27N3O2. The topological polar surface area (TPSA) is 57.4 Å². The van der Waals surface area contributed by atoms with Crippen molar-refractivity contribution in [3.8, 4) is 0 Å². The van der Waals surface area contributed by atoms with E-state index < -0.39 is 0 Å². The van der Waals surface area contributed by atoms with Crippen LogP contribution in [-0.2, 0) is 4.74 Å². The lowest BCUT2D eigenvalue weighted by molar-refractivity contribution is 0.0162. The minimum Gasteiger partial charge on any atom is -0.379 e. The molecule has 1 aliphatic rings. The Kier molecular flexibility index (Phi) is 5.46. The molecule has 0 bridgehead atoms. The Morgan fingerprint density at radius 1 is 1.14 bits per heavy atom. The molecule has 1 aromatic heterocycles. The fourth-order valence-corrected chi connectivity index (χ4v) is 3.92. The highest BCUT2D eigenvalue weighted by Gasteiger charge is 2.23. The average molecular weight is 377 g/mol. The van der Waals surface area contributed by atoms with Crippen molar-refractivity contribution >= 4 is 16.8 Å². The molecule has 4 rings (SSSR count). The van der Waals surface area contributed by atoms with Gasteiger partial charge in [0.2, 0.25) is 0 Å². The molecule has 0 aliphatic carbocycles. The average Bonchev–Trinajstić information content (AvgIpc) is 3.03. The van der Waals surface area contributed by atoms with E-state index in [-0.39, 0.29) is 11.9 Å². The molecule has 5 heteroatoms. The lowest BCUT2D eigenvalue weighted by atomic mass is 10.0. The number of rotatable bonds is 5. The Bertz CT molecular complexity index is 959. The number of nitrogens with zero attached hydrogens (tertiary/aromatic N) is 1. The number of fused-ring (bicyclic) bond motifs is 1. The summed E-state index contributed by atoms with van der Waals surface area (Å²) >= 11 is 0. The highest BCUT2D eigenvalue weighted by molar-refractivity contribution is 5.99. The Morgan fingerprint density at radius 3 is 2.64 bits per heavy atom. The van der Waals surface area contributed by atoms with Crippen LogP contribution in [0.5, 0.6) is 0 Å². The molecule has 0 radical (unpaired) electrons.